The maximum Gasteiger partial charge on any atom is 0.235 e. The van der Waals surface area contributed by atoms with Gasteiger partial charge >= 0.3 is 0 Å². The first-order chi connectivity index (χ1) is 11.8. The second kappa shape index (κ2) is 12.0. The molecule has 1 rings (SSSR count). The van der Waals surface area contributed by atoms with Crippen molar-refractivity contribution in [1.29, 1.82) is 0 Å². The highest BCUT2D eigenvalue weighted by Gasteiger charge is 2.23. The van der Waals surface area contributed by atoms with E-state index in [9.17, 15) is 9.59 Å². The van der Waals surface area contributed by atoms with Crippen LogP contribution < -0.4 is 10.6 Å². The largest absolute Gasteiger partial charge is 0.388 e. The van der Waals surface area contributed by atoms with E-state index in [1.807, 2.05) is 45.0 Å². The van der Waals surface area contributed by atoms with Crippen molar-refractivity contribution in [2.75, 3.05) is 14.2 Å². The molecule has 0 aliphatic rings. The van der Waals surface area contributed by atoms with E-state index in [-0.39, 0.29) is 11.5 Å². The standard InChI is InChI=1S/C17H23N3O2.C2H6O/c1-13(20-16(11-21)17(2,3)4)19-10-15-7-5-6-14(8-15)9-18-12-22;1-3-2/h5-8,11,16,19-20H,1,9-10H2,2-4H3;1-2H3. The zero-order chi connectivity index (χ0) is 19.3. The molecule has 1 atom stereocenters. The quantitative estimate of drug-likeness (QED) is 0.429. The summed E-state index contributed by atoms with van der Waals surface area (Å²) in [6, 6.07) is 7.43. The monoisotopic (exact) mass is 347 g/mol. The molecule has 0 spiro atoms. The van der Waals surface area contributed by atoms with Crippen LogP contribution in [0, 0.1) is 5.41 Å². The number of ether oxygens (including phenoxy) is 1. The normalized spacial score (nSPS) is 11.2. The third kappa shape index (κ3) is 10.1. The van der Waals surface area contributed by atoms with Crippen molar-refractivity contribution in [3.8, 4) is 0 Å². The van der Waals surface area contributed by atoms with Gasteiger partial charge in [-0.05, 0) is 16.5 Å². The summed E-state index contributed by atoms with van der Waals surface area (Å²) in [6.45, 7) is 10.8. The van der Waals surface area contributed by atoms with Crippen molar-refractivity contribution in [1.82, 2.24) is 10.6 Å². The number of nitrogens with zero attached hydrogens (tertiary/aromatic N) is 1. The summed E-state index contributed by atoms with van der Waals surface area (Å²) in [5.74, 6) is 0.600. The molecule has 0 aliphatic carbocycles. The van der Waals surface area contributed by atoms with E-state index in [0.29, 0.717) is 18.9 Å². The van der Waals surface area contributed by atoms with Crippen LogP contribution in [0.2, 0.25) is 0 Å². The van der Waals surface area contributed by atoms with Crippen LogP contribution in [0.3, 0.4) is 0 Å². The molecule has 0 bridgehead atoms. The lowest BCUT2D eigenvalue weighted by atomic mass is 9.88. The Bertz CT molecular complexity index is 588. The molecular formula is C19H29N3O3. The second-order valence-electron chi connectivity index (χ2n) is 6.59. The molecule has 0 amide bonds. The van der Waals surface area contributed by atoms with E-state index in [1.165, 1.54) is 6.08 Å². The van der Waals surface area contributed by atoms with Gasteiger partial charge in [0, 0.05) is 20.8 Å². The van der Waals surface area contributed by atoms with Crippen LogP contribution in [0.25, 0.3) is 0 Å². The van der Waals surface area contributed by atoms with Crippen LogP contribution in [-0.4, -0.2) is 32.6 Å². The van der Waals surface area contributed by atoms with Gasteiger partial charge in [0.25, 0.3) is 0 Å². The predicted octanol–water partition coefficient (Wildman–Crippen LogP) is 2.55. The molecular weight excluding hydrogens is 318 g/mol. The van der Waals surface area contributed by atoms with Crippen LogP contribution in [0.15, 0.2) is 41.7 Å². The Labute approximate surface area is 150 Å². The summed E-state index contributed by atoms with van der Waals surface area (Å²) < 4.78 is 4.25. The minimum absolute atomic E-state index is 0.181. The maximum atomic E-state index is 11.1. The zero-order valence-corrected chi connectivity index (χ0v) is 15.8. The van der Waals surface area contributed by atoms with Gasteiger partial charge in [-0.25, -0.2) is 9.79 Å². The molecule has 0 fully saturated rings. The number of carbonyl (C=O) groups is 1. The van der Waals surface area contributed by atoms with Gasteiger partial charge in [-0.2, -0.15) is 0 Å². The third-order valence-corrected chi connectivity index (χ3v) is 3.22. The zero-order valence-electron chi connectivity index (χ0n) is 15.8. The van der Waals surface area contributed by atoms with Crippen LogP contribution in [0.4, 0.5) is 0 Å². The number of hydrogen-bond donors (Lipinski definition) is 2. The Morgan fingerprint density at radius 1 is 1.36 bits per heavy atom. The summed E-state index contributed by atoms with van der Waals surface area (Å²) in [6.07, 6.45) is 2.42. The number of rotatable bonds is 8. The fourth-order valence-electron chi connectivity index (χ4n) is 1.86. The average molecular weight is 347 g/mol. The third-order valence-electron chi connectivity index (χ3n) is 3.22. The minimum atomic E-state index is -0.305. The van der Waals surface area contributed by atoms with E-state index in [2.05, 4.69) is 26.9 Å². The van der Waals surface area contributed by atoms with E-state index in [4.69, 9.17) is 0 Å². The van der Waals surface area contributed by atoms with Crippen LogP contribution in [-0.2, 0) is 27.4 Å². The highest BCUT2D eigenvalue weighted by Crippen LogP contribution is 2.18. The Balaban J connectivity index is 0.00000178. The van der Waals surface area contributed by atoms with E-state index in [0.717, 1.165) is 17.4 Å². The number of isocyanates is 1. The van der Waals surface area contributed by atoms with Crippen molar-refractivity contribution < 1.29 is 14.3 Å². The Kier molecular flexibility index (Phi) is 10.8. The molecule has 6 nitrogen and oxygen atoms in total. The molecule has 0 saturated heterocycles. The van der Waals surface area contributed by atoms with Crippen molar-refractivity contribution in [3.05, 3.63) is 47.8 Å². The van der Waals surface area contributed by atoms with Gasteiger partial charge in [0.1, 0.15) is 6.29 Å². The van der Waals surface area contributed by atoms with Crippen LogP contribution in [0.1, 0.15) is 31.9 Å². The van der Waals surface area contributed by atoms with Crippen molar-refractivity contribution in [2.45, 2.75) is 39.9 Å². The molecule has 1 unspecified atom stereocenters. The SMILES string of the molecule is C=C(NCc1cccc(CN=C=O)c1)NC(C=O)C(C)(C)C.COC. The molecule has 138 valence electrons. The highest BCUT2D eigenvalue weighted by atomic mass is 16.4. The van der Waals surface area contributed by atoms with Crippen molar-refractivity contribution in [2.24, 2.45) is 10.4 Å². The first kappa shape index (κ1) is 22.6. The molecule has 2 N–H and O–H groups in total. The van der Waals surface area contributed by atoms with Gasteiger partial charge in [0.05, 0.1) is 18.4 Å². The lowest BCUT2D eigenvalue weighted by Gasteiger charge is -2.28. The topological polar surface area (TPSA) is 79.8 Å². The molecule has 0 aliphatic heterocycles. The maximum absolute atomic E-state index is 11.1. The van der Waals surface area contributed by atoms with E-state index >= 15 is 0 Å². The average Bonchev–Trinajstić information content (AvgIpc) is 2.56. The minimum Gasteiger partial charge on any atom is -0.388 e. The molecule has 0 radical (unpaired) electrons. The predicted molar refractivity (Wildman–Crippen MR) is 99.6 cm³/mol. The fourth-order valence-corrected chi connectivity index (χ4v) is 1.86. The Morgan fingerprint density at radius 3 is 2.48 bits per heavy atom. The summed E-state index contributed by atoms with van der Waals surface area (Å²) >= 11 is 0. The Hall–Kier alpha value is -2.43. The molecule has 25 heavy (non-hydrogen) atoms. The van der Waals surface area contributed by atoms with Gasteiger partial charge in [0.15, 0.2) is 0 Å². The van der Waals surface area contributed by atoms with Crippen LogP contribution >= 0.6 is 0 Å². The highest BCUT2D eigenvalue weighted by molar-refractivity contribution is 5.59. The van der Waals surface area contributed by atoms with Gasteiger partial charge in [0.2, 0.25) is 6.08 Å². The van der Waals surface area contributed by atoms with Gasteiger partial charge < -0.3 is 20.2 Å². The summed E-state index contributed by atoms with van der Waals surface area (Å²) in [7, 11) is 3.25. The van der Waals surface area contributed by atoms with E-state index in [1.54, 1.807) is 14.2 Å². The van der Waals surface area contributed by atoms with Gasteiger partial charge in [-0.1, -0.05) is 51.6 Å². The summed E-state index contributed by atoms with van der Waals surface area (Å²) in [4.78, 5) is 24.8. The smallest absolute Gasteiger partial charge is 0.235 e. The number of benzene rings is 1. The number of aldehydes is 1. The van der Waals surface area contributed by atoms with Crippen molar-refractivity contribution >= 4 is 12.4 Å². The van der Waals surface area contributed by atoms with Gasteiger partial charge in [-0.15, -0.1) is 0 Å². The van der Waals surface area contributed by atoms with Crippen molar-refractivity contribution in [3.63, 3.8) is 0 Å². The first-order valence-electron chi connectivity index (χ1n) is 7.94. The number of nitrogens with one attached hydrogen (secondary N) is 2. The number of methoxy groups -OCH3 is 1. The molecule has 0 heterocycles. The van der Waals surface area contributed by atoms with E-state index < -0.39 is 0 Å². The molecule has 0 aromatic heterocycles. The molecule has 1 aromatic carbocycles. The second-order valence-corrected chi connectivity index (χ2v) is 6.59. The fraction of sp³-hybridized carbons (Fsp3) is 0.474. The molecule has 1 aromatic rings. The lowest BCUT2D eigenvalue weighted by molar-refractivity contribution is -0.111. The number of aliphatic imine (C=N–C) groups is 1. The Morgan fingerprint density at radius 2 is 1.96 bits per heavy atom. The summed E-state index contributed by atoms with van der Waals surface area (Å²) in [5.41, 5.74) is 1.81. The number of hydrogen-bond acceptors (Lipinski definition) is 6. The number of carbonyl (C=O) groups excluding carboxylic acids is 2. The summed E-state index contributed by atoms with van der Waals surface area (Å²) in [5, 5.41) is 6.23. The molecule has 6 heteroatoms. The molecule has 0 saturated carbocycles. The lowest BCUT2D eigenvalue weighted by Crippen LogP contribution is -2.43. The van der Waals surface area contributed by atoms with Crippen LogP contribution in [0.5, 0.6) is 0 Å². The first-order valence-corrected chi connectivity index (χ1v) is 7.94. The van der Waals surface area contributed by atoms with Gasteiger partial charge in [-0.3, -0.25) is 0 Å².